The Morgan fingerprint density at radius 3 is 2.37 bits per heavy atom. The summed E-state index contributed by atoms with van der Waals surface area (Å²) >= 11 is 6.13. The van der Waals surface area contributed by atoms with Crippen LogP contribution in [0.2, 0.25) is 5.02 Å². The van der Waals surface area contributed by atoms with Gasteiger partial charge in [0.25, 0.3) is 0 Å². The van der Waals surface area contributed by atoms with Crippen LogP contribution in [-0.2, 0) is 26.2 Å². The zero-order valence-electron chi connectivity index (χ0n) is 20.2. The van der Waals surface area contributed by atoms with E-state index in [-0.39, 0.29) is 18.5 Å². The summed E-state index contributed by atoms with van der Waals surface area (Å²) in [6, 6.07) is 12.7. The number of anilines is 1. The highest BCUT2D eigenvalue weighted by molar-refractivity contribution is 7.92. The van der Waals surface area contributed by atoms with Gasteiger partial charge in [0.2, 0.25) is 21.8 Å². The molecule has 2 amide bonds. The second-order valence-electron chi connectivity index (χ2n) is 8.79. The smallest absolute Gasteiger partial charge is 0.244 e. The predicted molar refractivity (Wildman–Crippen MR) is 137 cm³/mol. The molecule has 3 rings (SSSR count). The molecule has 0 radical (unpaired) electrons. The Kier molecular flexibility index (Phi) is 9.02. The third-order valence-corrected chi connectivity index (χ3v) is 7.53. The molecule has 0 bridgehead atoms. The Morgan fingerprint density at radius 1 is 1.14 bits per heavy atom. The van der Waals surface area contributed by atoms with Crippen LogP contribution in [0.5, 0.6) is 5.75 Å². The quantitative estimate of drug-likeness (QED) is 0.515. The van der Waals surface area contributed by atoms with Gasteiger partial charge in [0.15, 0.2) is 0 Å². The molecule has 2 aromatic carbocycles. The Labute approximate surface area is 212 Å². The van der Waals surface area contributed by atoms with E-state index in [1.54, 1.807) is 49.4 Å². The van der Waals surface area contributed by atoms with Gasteiger partial charge in [-0.1, -0.05) is 36.6 Å². The highest BCUT2D eigenvalue weighted by Crippen LogP contribution is 2.23. The molecular weight excluding hydrogens is 490 g/mol. The molecule has 0 spiro atoms. The average molecular weight is 522 g/mol. The van der Waals surface area contributed by atoms with Gasteiger partial charge in [-0.15, -0.1) is 0 Å². The third kappa shape index (κ3) is 7.35. The standard InChI is InChI=1S/C25H32ClN3O5S/c1-18(25(31)27-21-9-4-5-10-21)28(16-19-7-6-8-20(26)15-19)24(30)17-29(35(3,32)33)22-11-13-23(34-2)14-12-22/h6-8,11-15,18,21H,4-5,9-10,16-17H2,1-3H3,(H,27,31)/t18-/m1/s1. The number of nitrogens with one attached hydrogen (secondary N) is 1. The number of amides is 2. The first kappa shape index (κ1) is 26.8. The molecule has 35 heavy (non-hydrogen) atoms. The molecule has 1 saturated carbocycles. The first-order chi connectivity index (χ1) is 16.6. The van der Waals surface area contributed by atoms with Gasteiger partial charge >= 0.3 is 0 Å². The lowest BCUT2D eigenvalue weighted by atomic mass is 10.1. The van der Waals surface area contributed by atoms with Gasteiger partial charge < -0.3 is 15.0 Å². The number of halogens is 1. The summed E-state index contributed by atoms with van der Waals surface area (Å²) in [6.45, 7) is 1.32. The largest absolute Gasteiger partial charge is 0.497 e. The lowest BCUT2D eigenvalue weighted by molar-refractivity contribution is -0.139. The summed E-state index contributed by atoms with van der Waals surface area (Å²) in [6.07, 6.45) is 5.01. The van der Waals surface area contributed by atoms with E-state index in [0.717, 1.165) is 41.8 Å². The van der Waals surface area contributed by atoms with Crippen LogP contribution in [0.3, 0.4) is 0 Å². The van der Waals surface area contributed by atoms with E-state index in [4.69, 9.17) is 16.3 Å². The molecule has 8 nitrogen and oxygen atoms in total. The van der Waals surface area contributed by atoms with Crippen molar-refractivity contribution in [1.29, 1.82) is 0 Å². The monoisotopic (exact) mass is 521 g/mol. The van der Waals surface area contributed by atoms with E-state index in [2.05, 4.69) is 5.32 Å². The number of benzene rings is 2. The van der Waals surface area contributed by atoms with Gasteiger partial charge in [-0.25, -0.2) is 8.42 Å². The number of methoxy groups -OCH3 is 1. The predicted octanol–water partition coefficient (Wildman–Crippen LogP) is 3.59. The van der Waals surface area contributed by atoms with E-state index < -0.39 is 28.5 Å². The highest BCUT2D eigenvalue weighted by atomic mass is 35.5. The molecule has 0 saturated heterocycles. The minimum absolute atomic E-state index is 0.0971. The summed E-state index contributed by atoms with van der Waals surface area (Å²) < 4.78 is 31.4. The molecular formula is C25H32ClN3O5S. The Hall–Kier alpha value is -2.78. The highest BCUT2D eigenvalue weighted by Gasteiger charge is 2.31. The van der Waals surface area contributed by atoms with Crippen LogP contribution in [0.15, 0.2) is 48.5 Å². The van der Waals surface area contributed by atoms with Crippen molar-refractivity contribution in [1.82, 2.24) is 10.2 Å². The topological polar surface area (TPSA) is 96.0 Å². The van der Waals surface area contributed by atoms with E-state index in [9.17, 15) is 18.0 Å². The fourth-order valence-electron chi connectivity index (χ4n) is 4.17. The number of nitrogens with zero attached hydrogens (tertiary/aromatic N) is 2. The Balaban J connectivity index is 1.87. The molecule has 2 aromatic rings. The lowest BCUT2D eigenvalue weighted by Gasteiger charge is -2.32. The van der Waals surface area contributed by atoms with E-state index in [0.29, 0.717) is 16.5 Å². The number of hydrogen-bond acceptors (Lipinski definition) is 5. The number of sulfonamides is 1. The number of carbonyl (C=O) groups is 2. The zero-order valence-corrected chi connectivity index (χ0v) is 21.8. The van der Waals surface area contributed by atoms with Gasteiger partial charge in [-0.3, -0.25) is 13.9 Å². The molecule has 0 aliphatic heterocycles. The maximum absolute atomic E-state index is 13.6. The lowest BCUT2D eigenvalue weighted by Crippen LogP contribution is -2.52. The molecule has 1 atom stereocenters. The Bertz CT molecular complexity index is 1130. The van der Waals surface area contributed by atoms with Crippen molar-refractivity contribution in [3.8, 4) is 5.75 Å². The molecule has 190 valence electrons. The SMILES string of the molecule is COc1ccc(N(CC(=O)N(Cc2cccc(Cl)c2)[C@H](C)C(=O)NC2CCCC2)S(C)(=O)=O)cc1. The van der Waals surface area contributed by atoms with Gasteiger partial charge in [-0.05, 0) is 61.7 Å². The number of ether oxygens (including phenoxy) is 1. The summed E-state index contributed by atoms with van der Waals surface area (Å²) in [5, 5.41) is 3.54. The van der Waals surface area contributed by atoms with Crippen LogP contribution in [0.4, 0.5) is 5.69 Å². The summed E-state index contributed by atoms with van der Waals surface area (Å²) in [5.74, 6) is -0.198. The van der Waals surface area contributed by atoms with Gasteiger partial charge in [0.05, 0.1) is 19.1 Å². The number of rotatable bonds is 10. The first-order valence-corrected chi connectivity index (χ1v) is 13.8. The second kappa shape index (κ2) is 11.8. The third-order valence-electron chi connectivity index (χ3n) is 6.15. The fourth-order valence-corrected chi connectivity index (χ4v) is 5.23. The minimum Gasteiger partial charge on any atom is -0.497 e. The summed E-state index contributed by atoms with van der Waals surface area (Å²) in [7, 11) is -2.27. The molecule has 0 aromatic heterocycles. The fraction of sp³-hybridized carbons (Fsp3) is 0.440. The number of hydrogen-bond donors (Lipinski definition) is 1. The van der Waals surface area contributed by atoms with Gasteiger partial charge in [-0.2, -0.15) is 0 Å². The van der Waals surface area contributed by atoms with Crippen molar-refractivity contribution < 1.29 is 22.7 Å². The summed E-state index contributed by atoms with van der Waals surface area (Å²) in [4.78, 5) is 28.0. The van der Waals surface area contributed by atoms with Crippen LogP contribution in [0.25, 0.3) is 0 Å². The molecule has 1 aliphatic rings. The van der Waals surface area contributed by atoms with E-state index in [1.807, 2.05) is 6.07 Å². The second-order valence-corrected chi connectivity index (χ2v) is 11.1. The molecule has 1 aliphatic carbocycles. The van der Waals surface area contributed by atoms with Crippen molar-refractivity contribution in [3.05, 3.63) is 59.1 Å². The summed E-state index contributed by atoms with van der Waals surface area (Å²) in [5.41, 5.74) is 1.06. The van der Waals surface area contributed by atoms with Gasteiger partial charge in [0, 0.05) is 17.6 Å². The average Bonchev–Trinajstić information content (AvgIpc) is 3.33. The number of carbonyl (C=O) groups excluding carboxylic acids is 2. The van der Waals surface area contributed by atoms with Crippen LogP contribution in [0, 0.1) is 0 Å². The molecule has 10 heteroatoms. The van der Waals surface area contributed by atoms with Crippen molar-refractivity contribution in [2.24, 2.45) is 0 Å². The molecule has 0 unspecified atom stereocenters. The normalized spacial score (nSPS) is 14.9. The van der Waals surface area contributed by atoms with Crippen LogP contribution in [0.1, 0.15) is 38.2 Å². The molecule has 1 N–H and O–H groups in total. The Morgan fingerprint density at radius 2 is 1.80 bits per heavy atom. The maximum atomic E-state index is 13.6. The van der Waals surface area contributed by atoms with Crippen molar-refractivity contribution in [3.63, 3.8) is 0 Å². The minimum atomic E-state index is -3.79. The van der Waals surface area contributed by atoms with E-state index >= 15 is 0 Å². The van der Waals surface area contributed by atoms with E-state index in [1.165, 1.54) is 12.0 Å². The van der Waals surface area contributed by atoms with Crippen molar-refractivity contribution in [2.45, 2.75) is 51.2 Å². The molecule has 0 heterocycles. The maximum Gasteiger partial charge on any atom is 0.244 e. The van der Waals surface area contributed by atoms with Crippen LogP contribution >= 0.6 is 11.6 Å². The zero-order chi connectivity index (χ0) is 25.6. The van der Waals surface area contributed by atoms with Crippen molar-refractivity contribution >= 4 is 39.1 Å². The van der Waals surface area contributed by atoms with Crippen LogP contribution in [-0.4, -0.2) is 57.1 Å². The van der Waals surface area contributed by atoms with Gasteiger partial charge in [0.1, 0.15) is 18.3 Å². The van der Waals surface area contributed by atoms with Crippen LogP contribution < -0.4 is 14.4 Å². The van der Waals surface area contributed by atoms with Crippen molar-refractivity contribution in [2.75, 3.05) is 24.2 Å². The molecule has 1 fully saturated rings. The first-order valence-electron chi connectivity index (χ1n) is 11.5.